The molecule has 0 aliphatic rings. The van der Waals surface area contributed by atoms with Crippen LogP contribution in [0.5, 0.6) is 5.88 Å². The van der Waals surface area contributed by atoms with Crippen LogP contribution in [0.1, 0.15) is 12.6 Å². The third-order valence-corrected chi connectivity index (χ3v) is 5.20. The van der Waals surface area contributed by atoms with Gasteiger partial charge in [0.2, 0.25) is 11.8 Å². The summed E-state index contributed by atoms with van der Waals surface area (Å²) in [6.07, 6.45) is 1.60. The molecule has 28 heavy (non-hydrogen) atoms. The van der Waals surface area contributed by atoms with Gasteiger partial charge < -0.3 is 4.74 Å². The van der Waals surface area contributed by atoms with Crippen molar-refractivity contribution in [3.63, 3.8) is 0 Å². The number of hydrogen-bond donors (Lipinski definition) is 0. The van der Waals surface area contributed by atoms with E-state index in [-0.39, 0.29) is 5.91 Å². The van der Waals surface area contributed by atoms with Gasteiger partial charge in [-0.25, -0.2) is 9.97 Å². The highest BCUT2D eigenvalue weighted by molar-refractivity contribution is 7.14. The number of aryl methyl sites for hydroxylation is 1. The Morgan fingerprint density at radius 2 is 1.96 bits per heavy atom. The molecule has 140 valence electrons. The van der Waals surface area contributed by atoms with Gasteiger partial charge in [0.05, 0.1) is 30.2 Å². The molecule has 0 atom stereocenters. The van der Waals surface area contributed by atoms with Crippen molar-refractivity contribution < 1.29 is 9.53 Å². The summed E-state index contributed by atoms with van der Waals surface area (Å²) in [6.45, 7) is 3.48. The molecule has 1 aromatic carbocycles. The van der Waals surface area contributed by atoms with Gasteiger partial charge >= 0.3 is 0 Å². The minimum atomic E-state index is -0.138. The molecule has 4 aromatic rings. The summed E-state index contributed by atoms with van der Waals surface area (Å²) in [4.78, 5) is 27.4. The van der Waals surface area contributed by atoms with Crippen LogP contribution in [0, 0.1) is 6.92 Å². The number of nitrogens with zero attached hydrogens (tertiary/aromatic N) is 4. The highest BCUT2D eigenvalue weighted by atomic mass is 32.1. The summed E-state index contributed by atoms with van der Waals surface area (Å²) in [5.41, 5.74) is 4.24. The van der Waals surface area contributed by atoms with Gasteiger partial charge in [0.15, 0.2) is 5.13 Å². The molecule has 7 heteroatoms. The van der Waals surface area contributed by atoms with Crippen LogP contribution in [-0.4, -0.2) is 28.0 Å². The smallest absolute Gasteiger partial charge is 0.230 e. The van der Waals surface area contributed by atoms with Crippen LogP contribution in [0.3, 0.4) is 0 Å². The van der Waals surface area contributed by atoms with Crippen LogP contribution in [0.15, 0.2) is 54.0 Å². The topological polar surface area (TPSA) is 68.2 Å². The van der Waals surface area contributed by atoms with Gasteiger partial charge in [0.1, 0.15) is 0 Å². The third-order valence-electron chi connectivity index (χ3n) is 4.38. The average molecular weight is 390 g/mol. The Bertz CT molecular complexity index is 1150. The van der Waals surface area contributed by atoms with Crippen LogP contribution >= 0.6 is 11.3 Å². The number of para-hydroxylation sites is 1. The second kappa shape index (κ2) is 7.36. The Morgan fingerprint density at radius 3 is 2.68 bits per heavy atom. The lowest BCUT2D eigenvalue weighted by atomic mass is 10.1. The Kier molecular flexibility index (Phi) is 4.75. The maximum atomic E-state index is 12.3. The van der Waals surface area contributed by atoms with E-state index in [1.54, 1.807) is 30.3 Å². The largest absolute Gasteiger partial charge is 0.481 e. The zero-order valence-corrected chi connectivity index (χ0v) is 16.5. The minimum absolute atomic E-state index is 0.138. The molecule has 3 aromatic heterocycles. The van der Waals surface area contributed by atoms with E-state index in [9.17, 15) is 4.79 Å². The second-order valence-electron chi connectivity index (χ2n) is 6.24. The lowest BCUT2D eigenvalue weighted by molar-refractivity contribution is -0.115. The van der Waals surface area contributed by atoms with Crippen molar-refractivity contribution in [1.82, 2.24) is 15.0 Å². The van der Waals surface area contributed by atoms with Crippen molar-refractivity contribution in [3.05, 3.63) is 59.7 Å². The van der Waals surface area contributed by atoms with Crippen molar-refractivity contribution >= 4 is 39.0 Å². The fraction of sp³-hybridized carbons (Fsp3) is 0.143. The fourth-order valence-corrected chi connectivity index (χ4v) is 3.90. The molecule has 0 aliphatic carbocycles. The van der Waals surface area contributed by atoms with Gasteiger partial charge in [-0.1, -0.05) is 18.2 Å². The number of carbonyl (C=O) groups excluding carboxylic acids is 1. The minimum Gasteiger partial charge on any atom is -0.481 e. The summed E-state index contributed by atoms with van der Waals surface area (Å²) in [7, 11) is 1.55. The molecule has 0 radical (unpaired) electrons. The summed E-state index contributed by atoms with van der Waals surface area (Å²) in [5, 5.41) is 3.59. The number of carbonyl (C=O) groups is 1. The van der Waals surface area contributed by atoms with Crippen molar-refractivity contribution in [2.75, 3.05) is 12.0 Å². The summed E-state index contributed by atoms with van der Waals surface area (Å²) < 4.78 is 5.09. The molecule has 0 saturated heterocycles. The molecular weight excluding hydrogens is 372 g/mol. The quantitative estimate of drug-likeness (QED) is 0.503. The first-order valence-electron chi connectivity index (χ1n) is 8.70. The van der Waals surface area contributed by atoms with E-state index in [0.717, 1.165) is 27.9 Å². The maximum Gasteiger partial charge on any atom is 0.230 e. The van der Waals surface area contributed by atoms with Crippen molar-refractivity contribution in [1.29, 1.82) is 0 Å². The molecule has 4 rings (SSSR count). The Hall–Kier alpha value is -3.32. The molecule has 0 unspecified atom stereocenters. The zero-order valence-electron chi connectivity index (χ0n) is 15.7. The van der Waals surface area contributed by atoms with Crippen molar-refractivity contribution in [2.24, 2.45) is 0 Å². The van der Waals surface area contributed by atoms with E-state index in [4.69, 9.17) is 9.72 Å². The van der Waals surface area contributed by atoms with Crippen molar-refractivity contribution in [2.45, 2.75) is 13.8 Å². The second-order valence-corrected chi connectivity index (χ2v) is 7.08. The Labute approximate surface area is 166 Å². The predicted octanol–water partition coefficient (Wildman–Crippen LogP) is 4.75. The number of methoxy groups -OCH3 is 1. The zero-order chi connectivity index (χ0) is 19.7. The van der Waals surface area contributed by atoms with E-state index >= 15 is 0 Å². The highest BCUT2D eigenvalue weighted by Gasteiger charge is 2.19. The standard InChI is InChI=1S/C21H18N4O2S/c1-13-17(10-15-6-4-5-7-18(15)23-13)19-12-28-21(24-19)25(14(2)26)16-8-9-20(27-3)22-11-16/h4-12H,1-3H3. The first-order chi connectivity index (χ1) is 13.6. The Morgan fingerprint density at radius 1 is 1.14 bits per heavy atom. The average Bonchev–Trinajstić information content (AvgIpc) is 3.17. The van der Waals surface area contributed by atoms with Gasteiger partial charge in [-0.3, -0.25) is 14.7 Å². The summed E-state index contributed by atoms with van der Waals surface area (Å²) in [6, 6.07) is 13.6. The number of amides is 1. The SMILES string of the molecule is COc1ccc(N(C(C)=O)c2nc(-c3cc4ccccc4nc3C)cs2)cn1. The highest BCUT2D eigenvalue weighted by Crippen LogP contribution is 2.34. The first kappa shape index (κ1) is 18.1. The number of aromatic nitrogens is 3. The number of fused-ring (bicyclic) bond motifs is 1. The normalized spacial score (nSPS) is 10.8. The van der Waals surface area contributed by atoms with Crippen LogP contribution in [-0.2, 0) is 4.79 Å². The molecule has 1 amide bonds. The van der Waals surface area contributed by atoms with Gasteiger partial charge in [0, 0.05) is 35.0 Å². The molecule has 0 saturated carbocycles. The molecule has 0 fully saturated rings. The number of hydrogen-bond acceptors (Lipinski definition) is 6. The lowest BCUT2D eigenvalue weighted by Crippen LogP contribution is -2.22. The number of anilines is 2. The van der Waals surface area contributed by atoms with Gasteiger partial charge in [-0.05, 0) is 25.1 Å². The number of rotatable bonds is 4. The summed E-state index contributed by atoms with van der Waals surface area (Å²) >= 11 is 1.41. The number of ether oxygens (including phenoxy) is 1. The van der Waals surface area contributed by atoms with Crippen LogP contribution in [0.2, 0.25) is 0 Å². The van der Waals surface area contributed by atoms with Crippen LogP contribution < -0.4 is 9.64 Å². The molecule has 3 heterocycles. The fourth-order valence-electron chi connectivity index (χ4n) is 3.01. The molecule has 6 nitrogen and oxygen atoms in total. The van der Waals surface area contributed by atoms with Crippen LogP contribution in [0.25, 0.3) is 22.2 Å². The van der Waals surface area contributed by atoms with E-state index in [1.165, 1.54) is 18.3 Å². The molecule has 0 N–H and O–H groups in total. The number of pyridine rings is 2. The van der Waals surface area contributed by atoms with Crippen molar-refractivity contribution in [3.8, 4) is 17.1 Å². The number of benzene rings is 1. The van der Waals surface area contributed by atoms with E-state index in [0.29, 0.717) is 16.7 Å². The third kappa shape index (κ3) is 3.32. The van der Waals surface area contributed by atoms with E-state index in [2.05, 4.69) is 16.0 Å². The first-order valence-corrected chi connectivity index (χ1v) is 9.58. The van der Waals surface area contributed by atoms with Crippen LogP contribution in [0.4, 0.5) is 10.8 Å². The lowest BCUT2D eigenvalue weighted by Gasteiger charge is -2.17. The Balaban J connectivity index is 1.74. The number of thiazole rings is 1. The van der Waals surface area contributed by atoms with E-state index < -0.39 is 0 Å². The van der Waals surface area contributed by atoms with Gasteiger partial charge in [-0.2, -0.15) is 0 Å². The van der Waals surface area contributed by atoms with Gasteiger partial charge in [0.25, 0.3) is 0 Å². The molecule has 0 aliphatic heterocycles. The maximum absolute atomic E-state index is 12.3. The van der Waals surface area contributed by atoms with Gasteiger partial charge in [-0.15, -0.1) is 11.3 Å². The monoisotopic (exact) mass is 390 g/mol. The van der Waals surface area contributed by atoms with E-state index in [1.807, 2.05) is 36.6 Å². The molecule has 0 spiro atoms. The molecular formula is C21H18N4O2S. The summed E-state index contributed by atoms with van der Waals surface area (Å²) in [5.74, 6) is 0.353. The predicted molar refractivity (Wildman–Crippen MR) is 111 cm³/mol. The molecule has 0 bridgehead atoms.